The van der Waals surface area contributed by atoms with E-state index in [4.69, 9.17) is 9.15 Å². The van der Waals surface area contributed by atoms with E-state index in [2.05, 4.69) is 11.4 Å². The zero-order valence-corrected chi connectivity index (χ0v) is 17.2. The number of non-ortho nitro benzene ring substituents is 1. The Kier molecular flexibility index (Phi) is 6.14. The van der Waals surface area contributed by atoms with Gasteiger partial charge >= 0.3 is 0 Å². The van der Waals surface area contributed by atoms with Crippen LogP contribution >= 0.6 is 0 Å². The molecule has 0 saturated heterocycles. The first-order chi connectivity index (χ1) is 16.1. The van der Waals surface area contributed by atoms with Gasteiger partial charge in [-0.05, 0) is 17.7 Å². The Morgan fingerprint density at radius 1 is 0.970 bits per heavy atom. The molecular weight excluding hydrogens is 422 g/mol. The van der Waals surface area contributed by atoms with Crippen molar-refractivity contribution < 1.29 is 18.9 Å². The van der Waals surface area contributed by atoms with Crippen molar-refractivity contribution in [3.05, 3.63) is 101 Å². The van der Waals surface area contributed by atoms with E-state index >= 15 is 0 Å². The molecule has 0 fully saturated rings. The van der Waals surface area contributed by atoms with Crippen LogP contribution in [0.15, 0.2) is 89.3 Å². The van der Waals surface area contributed by atoms with Crippen molar-refractivity contribution in [3.63, 3.8) is 0 Å². The molecule has 0 aliphatic carbocycles. The molecular formula is C25H17N3O5. The van der Waals surface area contributed by atoms with E-state index in [0.29, 0.717) is 17.1 Å². The van der Waals surface area contributed by atoms with Gasteiger partial charge in [0.1, 0.15) is 23.1 Å². The molecule has 4 rings (SSSR count). The van der Waals surface area contributed by atoms with Crippen LogP contribution in [0.3, 0.4) is 0 Å². The highest BCUT2D eigenvalue weighted by Gasteiger charge is 2.24. The predicted molar refractivity (Wildman–Crippen MR) is 122 cm³/mol. The molecule has 0 bridgehead atoms. The highest BCUT2D eigenvalue weighted by Crippen LogP contribution is 2.41. The Morgan fingerprint density at radius 2 is 1.58 bits per heavy atom. The van der Waals surface area contributed by atoms with Crippen LogP contribution in [0.5, 0.6) is 5.75 Å². The molecule has 0 aliphatic rings. The van der Waals surface area contributed by atoms with Gasteiger partial charge in [-0.1, -0.05) is 60.7 Å². The minimum atomic E-state index is -0.544. The Balaban J connectivity index is 1.60. The number of carbonyl (C=O) groups is 1. The molecule has 0 atom stereocenters. The Hall–Kier alpha value is -4.90. The molecule has 0 unspecified atom stereocenters. The van der Waals surface area contributed by atoms with Gasteiger partial charge in [-0.2, -0.15) is 5.26 Å². The summed E-state index contributed by atoms with van der Waals surface area (Å²) < 4.78 is 11.4. The lowest BCUT2D eigenvalue weighted by Crippen LogP contribution is -2.20. The molecule has 0 radical (unpaired) electrons. The summed E-state index contributed by atoms with van der Waals surface area (Å²) in [6.45, 7) is -0.370. The number of anilines is 1. The monoisotopic (exact) mass is 439 g/mol. The van der Waals surface area contributed by atoms with Gasteiger partial charge in [0.25, 0.3) is 11.6 Å². The summed E-state index contributed by atoms with van der Waals surface area (Å²) in [5, 5.41) is 23.2. The van der Waals surface area contributed by atoms with Gasteiger partial charge in [-0.25, -0.2) is 0 Å². The first-order valence-electron chi connectivity index (χ1n) is 9.91. The maximum Gasteiger partial charge on any atom is 0.269 e. The Labute approximate surface area is 188 Å². The summed E-state index contributed by atoms with van der Waals surface area (Å²) in [4.78, 5) is 22.7. The summed E-state index contributed by atoms with van der Waals surface area (Å²) in [6, 6.07) is 26.1. The minimum absolute atomic E-state index is 0.0208. The molecule has 1 N–H and O–H groups in total. The van der Waals surface area contributed by atoms with Crippen molar-refractivity contribution in [1.82, 2.24) is 0 Å². The fourth-order valence-corrected chi connectivity index (χ4v) is 3.27. The number of benzene rings is 3. The van der Waals surface area contributed by atoms with E-state index in [1.165, 1.54) is 24.3 Å². The Bertz CT molecular complexity index is 1320. The van der Waals surface area contributed by atoms with Gasteiger partial charge in [-0.15, -0.1) is 0 Å². The van der Waals surface area contributed by atoms with Gasteiger partial charge in [0.15, 0.2) is 6.61 Å². The summed E-state index contributed by atoms with van der Waals surface area (Å²) in [6.07, 6.45) is 0. The van der Waals surface area contributed by atoms with Crippen LogP contribution in [-0.2, 0) is 4.79 Å². The molecule has 8 heteroatoms. The summed E-state index contributed by atoms with van der Waals surface area (Å²) in [5.41, 5.74) is 2.23. The van der Waals surface area contributed by atoms with E-state index in [1.54, 1.807) is 0 Å². The molecule has 1 amide bonds. The number of nitrogens with one attached hydrogen (secondary N) is 1. The van der Waals surface area contributed by atoms with Crippen molar-refractivity contribution >= 4 is 17.5 Å². The van der Waals surface area contributed by atoms with Crippen LogP contribution in [0, 0.1) is 21.4 Å². The zero-order chi connectivity index (χ0) is 23.2. The molecule has 0 spiro atoms. The number of nitrogens with zero attached hydrogens (tertiary/aromatic N) is 2. The molecule has 4 aromatic rings. The highest BCUT2D eigenvalue weighted by atomic mass is 16.6. The number of nitro groups is 1. The van der Waals surface area contributed by atoms with Gasteiger partial charge in [0, 0.05) is 23.3 Å². The van der Waals surface area contributed by atoms with Gasteiger partial charge in [0.05, 0.1) is 4.92 Å². The third-order valence-electron chi connectivity index (χ3n) is 4.79. The standard InChI is InChI=1S/C25H17N3O5/c26-15-21-23(17-7-3-1-4-8-17)24(18-9-5-2-6-10-18)33-25(21)27-22(29)16-32-20-13-11-19(12-14-20)28(30)31/h1-14H,16H2,(H,27,29). The molecule has 3 aromatic carbocycles. The number of carbonyl (C=O) groups excluding carboxylic acids is 1. The lowest BCUT2D eigenvalue weighted by atomic mass is 9.98. The van der Waals surface area contributed by atoms with E-state index in [-0.39, 0.29) is 23.7 Å². The van der Waals surface area contributed by atoms with Crippen LogP contribution in [0.2, 0.25) is 0 Å². The number of hydrogen-bond acceptors (Lipinski definition) is 6. The fraction of sp³-hybridized carbons (Fsp3) is 0.0400. The first kappa shape index (κ1) is 21.3. The van der Waals surface area contributed by atoms with E-state index in [0.717, 1.165) is 11.1 Å². The fourth-order valence-electron chi connectivity index (χ4n) is 3.27. The van der Waals surface area contributed by atoms with Crippen LogP contribution in [0.25, 0.3) is 22.5 Å². The first-order valence-corrected chi connectivity index (χ1v) is 9.91. The van der Waals surface area contributed by atoms with E-state index in [1.807, 2.05) is 60.7 Å². The maximum atomic E-state index is 12.5. The molecule has 1 aromatic heterocycles. The average Bonchev–Trinajstić information content (AvgIpc) is 3.22. The van der Waals surface area contributed by atoms with Crippen molar-refractivity contribution in [3.8, 4) is 34.3 Å². The maximum absolute atomic E-state index is 12.5. The smallest absolute Gasteiger partial charge is 0.269 e. The summed E-state index contributed by atoms with van der Waals surface area (Å²) >= 11 is 0. The summed E-state index contributed by atoms with van der Waals surface area (Å²) in [5.74, 6) is 0.237. The van der Waals surface area contributed by atoms with Crippen molar-refractivity contribution in [2.45, 2.75) is 0 Å². The third-order valence-corrected chi connectivity index (χ3v) is 4.79. The number of ether oxygens (including phenoxy) is 1. The quantitative estimate of drug-likeness (QED) is 0.304. The number of furan rings is 1. The van der Waals surface area contributed by atoms with Crippen LogP contribution in [0.4, 0.5) is 11.6 Å². The SMILES string of the molecule is N#Cc1c(NC(=O)COc2ccc([N+](=O)[O-])cc2)oc(-c2ccccc2)c1-c1ccccc1. The Morgan fingerprint density at radius 3 is 2.15 bits per heavy atom. The average molecular weight is 439 g/mol. The number of rotatable bonds is 7. The van der Waals surface area contributed by atoms with Gasteiger partial charge < -0.3 is 9.15 Å². The lowest BCUT2D eigenvalue weighted by Gasteiger charge is -2.06. The van der Waals surface area contributed by atoms with Crippen LogP contribution in [0.1, 0.15) is 5.56 Å². The number of amides is 1. The second-order valence-corrected chi connectivity index (χ2v) is 6.94. The molecule has 0 aliphatic heterocycles. The van der Waals surface area contributed by atoms with E-state index in [9.17, 15) is 20.2 Å². The van der Waals surface area contributed by atoms with Gasteiger partial charge in [0.2, 0.25) is 5.88 Å². The van der Waals surface area contributed by atoms with Crippen molar-refractivity contribution in [1.29, 1.82) is 5.26 Å². The van der Waals surface area contributed by atoms with Crippen LogP contribution in [-0.4, -0.2) is 17.4 Å². The molecule has 0 saturated carbocycles. The number of hydrogen-bond donors (Lipinski definition) is 1. The second-order valence-electron chi connectivity index (χ2n) is 6.94. The van der Waals surface area contributed by atoms with Crippen molar-refractivity contribution in [2.24, 2.45) is 0 Å². The largest absolute Gasteiger partial charge is 0.484 e. The normalized spacial score (nSPS) is 10.3. The number of nitriles is 1. The van der Waals surface area contributed by atoms with E-state index < -0.39 is 10.8 Å². The second kappa shape index (κ2) is 9.49. The molecule has 33 heavy (non-hydrogen) atoms. The topological polar surface area (TPSA) is 118 Å². The number of nitro benzene ring substituents is 1. The predicted octanol–water partition coefficient (Wildman–Crippen LogP) is 5.41. The minimum Gasteiger partial charge on any atom is -0.484 e. The highest BCUT2D eigenvalue weighted by molar-refractivity contribution is 5.96. The summed E-state index contributed by atoms with van der Waals surface area (Å²) in [7, 11) is 0. The van der Waals surface area contributed by atoms with Crippen LogP contribution < -0.4 is 10.1 Å². The van der Waals surface area contributed by atoms with Gasteiger partial charge in [-0.3, -0.25) is 20.2 Å². The lowest BCUT2D eigenvalue weighted by molar-refractivity contribution is -0.384. The zero-order valence-electron chi connectivity index (χ0n) is 17.2. The molecule has 8 nitrogen and oxygen atoms in total. The third kappa shape index (κ3) is 4.73. The molecule has 1 heterocycles. The molecule has 162 valence electrons. The van der Waals surface area contributed by atoms with Crippen molar-refractivity contribution in [2.75, 3.05) is 11.9 Å².